The van der Waals surface area contributed by atoms with Crippen molar-refractivity contribution in [3.63, 3.8) is 0 Å². The Morgan fingerprint density at radius 3 is 2.54 bits per heavy atom. The molecule has 0 spiro atoms. The van der Waals surface area contributed by atoms with E-state index in [2.05, 4.69) is 5.32 Å². The highest BCUT2D eigenvalue weighted by Gasteiger charge is 2.23. The van der Waals surface area contributed by atoms with Crippen LogP contribution in [0.3, 0.4) is 0 Å². The highest BCUT2D eigenvalue weighted by atomic mass is 32.2. The summed E-state index contributed by atoms with van der Waals surface area (Å²) in [5, 5.41) is 2.66. The van der Waals surface area contributed by atoms with Crippen LogP contribution in [0.4, 0.5) is 0 Å². The second-order valence-electron chi connectivity index (χ2n) is 5.51. The van der Waals surface area contributed by atoms with Crippen LogP contribution in [0.1, 0.15) is 18.9 Å². The minimum atomic E-state index is -3.35. The number of benzene rings is 1. The van der Waals surface area contributed by atoms with E-state index < -0.39 is 10.0 Å². The molecule has 0 atom stereocenters. The lowest BCUT2D eigenvalue weighted by molar-refractivity contribution is -0.116. The fourth-order valence-electron chi connectivity index (χ4n) is 2.51. The number of rotatable bonds is 7. The fraction of sp³-hybridized carbons (Fsp3) is 0.471. The Bertz CT molecular complexity index is 665. The highest BCUT2D eigenvalue weighted by Crippen LogP contribution is 2.16. The van der Waals surface area contributed by atoms with Crippen molar-refractivity contribution in [2.24, 2.45) is 0 Å². The van der Waals surface area contributed by atoms with Crippen LogP contribution in [-0.2, 0) is 19.6 Å². The number of ether oxygens (including phenoxy) is 1. The van der Waals surface area contributed by atoms with Crippen LogP contribution in [0.5, 0.6) is 0 Å². The van der Waals surface area contributed by atoms with Crippen molar-refractivity contribution in [3.05, 3.63) is 42.0 Å². The number of hydrogen-bond donors (Lipinski definition) is 1. The molecule has 0 aliphatic carbocycles. The van der Waals surface area contributed by atoms with E-state index in [1.165, 1.54) is 10.4 Å². The van der Waals surface area contributed by atoms with E-state index in [9.17, 15) is 13.2 Å². The molecule has 132 valence electrons. The van der Waals surface area contributed by atoms with Crippen LogP contribution in [0.2, 0.25) is 0 Å². The SMILES string of the molecule is CC/C(=C\C(=O)NCCS(=O)(=O)N1CCOCC1)c1ccccc1. The van der Waals surface area contributed by atoms with Crippen LogP contribution in [0, 0.1) is 0 Å². The number of nitrogens with zero attached hydrogens (tertiary/aromatic N) is 1. The summed E-state index contributed by atoms with van der Waals surface area (Å²) in [4.78, 5) is 12.0. The average molecular weight is 352 g/mol. The largest absolute Gasteiger partial charge is 0.379 e. The first-order chi connectivity index (χ1) is 11.5. The molecule has 0 aromatic heterocycles. The third-order valence-corrected chi connectivity index (χ3v) is 5.73. The maximum Gasteiger partial charge on any atom is 0.244 e. The molecule has 6 nitrogen and oxygen atoms in total. The van der Waals surface area contributed by atoms with Crippen LogP contribution in [-0.4, -0.2) is 57.2 Å². The van der Waals surface area contributed by atoms with Gasteiger partial charge in [-0.1, -0.05) is 37.3 Å². The first-order valence-electron chi connectivity index (χ1n) is 8.12. The predicted octanol–water partition coefficient (Wildman–Crippen LogP) is 1.26. The molecule has 1 aliphatic heterocycles. The van der Waals surface area contributed by atoms with Crippen LogP contribution in [0.25, 0.3) is 5.57 Å². The van der Waals surface area contributed by atoms with Crippen molar-refractivity contribution in [1.82, 2.24) is 9.62 Å². The number of carbonyl (C=O) groups excluding carboxylic acids is 1. The Morgan fingerprint density at radius 2 is 1.92 bits per heavy atom. The minimum absolute atomic E-state index is 0.0978. The lowest BCUT2D eigenvalue weighted by Gasteiger charge is -2.25. The summed E-state index contributed by atoms with van der Waals surface area (Å²) < 4.78 is 30.9. The first-order valence-corrected chi connectivity index (χ1v) is 9.73. The Hall–Kier alpha value is -1.70. The van der Waals surface area contributed by atoms with Gasteiger partial charge in [0.1, 0.15) is 0 Å². The number of hydrogen-bond acceptors (Lipinski definition) is 4. The molecule has 0 radical (unpaired) electrons. The van der Waals surface area contributed by atoms with Crippen molar-refractivity contribution >= 4 is 21.5 Å². The van der Waals surface area contributed by atoms with E-state index in [-0.39, 0.29) is 18.2 Å². The molecule has 1 amide bonds. The molecule has 1 aliphatic rings. The topological polar surface area (TPSA) is 75.7 Å². The minimum Gasteiger partial charge on any atom is -0.379 e. The maximum atomic E-state index is 12.2. The number of nitrogens with one attached hydrogen (secondary N) is 1. The standard InChI is InChI=1S/C17H24N2O4S/c1-2-15(16-6-4-3-5-7-16)14-17(20)18-8-13-24(21,22)19-9-11-23-12-10-19/h3-7,14H,2,8-13H2,1H3,(H,18,20)/b15-14+. The van der Waals surface area contributed by atoms with Crippen LogP contribution in [0.15, 0.2) is 36.4 Å². The number of allylic oxidation sites excluding steroid dienone is 1. The van der Waals surface area contributed by atoms with Gasteiger partial charge in [0.2, 0.25) is 15.9 Å². The highest BCUT2D eigenvalue weighted by molar-refractivity contribution is 7.89. The third-order valence-electron chi connectivity index (χ3n) is 3.85. The second kappa shape index (κ2) is 8.96. The molecule has 1 N–H and O–H groups in total. The number of amides is 1. The van der Waals surface area contributed by atoms with Gasteiger partial charge in [-0.05, 0) is 17.6 Å². The second-order valence-corrected chi connectivity index (χ2v) is 7.60. The van der Waals surface area contributed by atoms with Crippen molar-refractivity contribution in [3.8, 4) is 0 Å². The summed E-state index contributed by atoms with van der Waals surface area (Å²) >= 11 is 0. The molecule has 7 heteroatoms. The van der Waals surface area contributed by atoms with Crippen molar-refractivity contribution in [2.45, 2.75) is 13.3 Å². The van der Waals surface area contributed by atoms with Gasteiger partial charge in [0.25, 0.3) is 0 Å². The lowest BCUT2D eigenvalue weighted by Crippen LogP contribution is -2.43. The molecule has 2 rings (SSSR count). The van der Waals surface area contributed by atoms with Crippen LogP contribution < -0.4 is 5.32 Å². The van der Waals surface area contributed by atoms with E-state index >= 15 is 0 Å². The zero-order valence-electron chi connectivity index (χ0n) is 13.9. The third kappa shape index (κ3) is 5.43. The molecule has 1 saturated heterocycles. The Balaban J connectivity index is 1.87. The lowest BCUT2D eigenvalue weighted by atomic mass is 10.0. The van der Waals surface area contributed by atoms with Crippen molar-refractivity contribution in [1.29, 1.82) is 0 Å². The molecular weight excluding hydrogens is 328 g/mol. The van der Waals surface area contributed by atoms with Gasteiger partial charge >= 0.3 is 0 Å². The normalized spacial score (nSPS) is 16.8. The molecule has 24 heavy (non-hydrogen) atoms. The van der Waals surface area contributed by atoms with Gasteiger partial charge in [0, 0.05) is 25.7 Å². The van der Waals surface area contributed by atoms with Gasteiger partial charge in [0.15, 0.2) is 0 Å². The van der Waals surface area contributed by atoms with E-state index in [0.29, 0.717) is 26.3 Å². The van der Waals surface area contributed by atoms with Crippen LogP contribution >= 0.6 is 0 Å². The summed E-state index contributed by atoms with van der Waals surface area (Å²) in [6, 6.07) is 9.67. The van der Waals surface area contributed by atoms with Gasteiger partial charge in [-0.3, -0.25) is 4.79 Å². The van der Waals surface area contributed by atoms with Gasteiger partial charge < -0.3 is 10.1 Å². The summed E-state index contributed by atoms with van der Waals surface area (Å²) in [7, 11) is -3.35. The zero-order valence-corrected chi connectivity index (χ0v) is 14.7. The van der Waals surface area contributed by atoms with E-state index in [1.807, 2.05) is 37.3 Å². The summed E-state index contributed by atoms with van der Waals surface area (Å²) in [6.45, 7) is 3.68. The number of morpholine rings is 1. The molecule has 0 unspecified atom stereocenters. The zero-order chi connectivity index (χ0) is 17.4. The maximum absolute atomic E-state index is 12.2. The number of carbonyl (C=O) groups is 1. The van der Waals surface area contributed by atoms with Gasteiger partial charge in [0.05, 0.1) is 19.0 Å². The monoisotopic (exact) mass is 352 g/mol. The van der Waals surface area contributed by atoms with Gasteiger partial charge in [-0.2, -0.15) is 4.31 Å². The Morgan fingerprint density at radius 1 is 1.25 bits per heavy atom. The van der Waals surface area contributed by atoms with E-state index in [4.69, 9.17) is 4.74 Å². The molecule has 1 heterocycles. The average Bonchev–Trinajstić information content (AvgIpc) is 2.61. The Kier molecular flexibility index (Phi) is 6.96. The smallest absolute Gasteiger partial charge is 0.244 e. The summed E-state index contributed by atoms with van der Waals surface area (Å²) in [5.41, 5.74) is 1.92. The molecular formula is C17H24N2O4S. The van der Waals surface area contributed by atoms with Crippen molar-refractivity contribution < 1.29 is 17.9 Å². The Labute approximate surface area is 143 Å². The molecule has 1 fully saturated rings. The van der Waals surface area contributed by atoms with Gasteiger partial charge in [-0.15, -0.1) is 0 Å². The molecule has 0 saturated carbocycles. The summed E-state index contributed by atoms with van der Waals surface area (Å²) in [6.07, 6.45) is 2.26. The molecule has 0 bridgehead atoms. The number of sulfonamides is 1. The molecule has 1 aromatic carbocycles. The van der Waals surface area contributed by atoms with Gasteiger partial charge in [-0.25, -0.2) is 8.42 Å². The van der Waals surface area contributed by atoms with Crippen molar-refractivity contribution in [2.75, 3.05) is 38.6 Å². The predicted molar refractivity (Wildman–Crippen MR) is 93.9 cm³/mol. The quantitative estimate of drug-likeness (QED) is 0.750. The first kappa shape index (κ1) is 18.6. The molecule has 1 aromatic rings. The van der Waals surface area contributed by atoms with E-state index in [1.54, 1.807) is 0 Å². The fourth-order valence-corrected chi connectivity index (χ4v) is 3.83. The summed E-state index contributed by atoms with van der Waals surface area (Å²) in [5.74, 6) is -0.368. The van der Waals surface area contributed by atoms with E-state index in [0.717, 1.165) is 17.6 Å².